The standard InChI is InChI=1S/C34H39F3N6.CH2O/c1-23-10-8-11-27(20-23)42-32-41-22-28(31(43-32)39-19-9-18-38-5)26-16-14-25(15-17-26)21-40-24(2)33(3,4)29-12-6-7-13-30(29)34(35,36)37;1-2/h6-8,10-17,20,22,38,40H,2,9,18-19,21H2,1,3-5H3,(H2,39,41,42,43);1H2. The van der Waals surface area contributed by atoms with Crippen LogP contribution in [0.4, 0.5) is 30.6 Å². The Morgan fingerprint density at radius 1 is 0.911 bits per heavy atom. The number of aromatic nitrogens is 2. The normalized spacial score (nSPS) is 11.3. The maximum atomic E-state index is 13.7. The van der Waals surface area contributed by atoms with Crippen LogP contribution in [-0.4, -0.2) is 36.9 Å². The summed E-state index contributed by atoms with van der Waals surface area (Å²) < 4.78 is 41.0. The summed E-state index contributed by atoms with van der Waals surface area (Å²) in [5.41, 5.74) is 3.94. The van der Waals surface area contributed by atoms with Gasteiger partial charge in [-0.3, -0.25) is 0 Å². The number of carbonyl (C=O) groups is 1. The Morgan fingerprint density at radius 3 is 2.24 bits per heavy atom. The van der Waals surface area contributed by atoms with Gasteiger partial charge in [0.05, 0.1) is 5.56 Å². The summed E-state index contributed by atoms with van der Waals surface area (Å²) in [7, 11) is 1.92. The molecule has 4 N–H and O–H groups in total. The van der Waals surface area contributed by atoms with Crippen molar-refractivity contribution in [1.82, 2.24) is 20.6 Å². The monoisotopic (exact) mass is 618 g/mol. The molecule has 238 valence electrons. The number of halogens is 3. The zero-order valence-electron chi connectivity index (χ0n) is 26.2. The second kappa shape index (κ2) is 15.9. The lowest BCUT2D eigenvalue weighted by atomic mass is 9.79. The van der Waals surface area contributed by atoms with Crippen LogP contribution < -0.4 is 21.3 Å². The largest absolute Gasteiger partial charge is 0.416 e. The Morgan fingerprint density at radius 2 is 1.60 bits per heavy atom. The second-order valence-electron chi connectivity index (χ2n) is 11.0. The quantitative estimate of drug-likeness (QED) is 0.115. The van der Waals surface area contributed by atoms with E-state index in [9.17, 15) is 13.2 Å². The molecule has 45 heavy (non-hydrogen) atoms. The smallest absolute Gasteiger partial charge is 0.384 e. The third-order valence-corrected chi connectivity index (χ3v) is 7.39. The molecule has 7 nitrogen and oxygen atoms in total. The van der Waals surface area contributed by atoms with Crippen molar-refractivity contribution in [3.63, 3.8) is 0 Å². The van der Waals surface area contributed by atoms with E-state index in [1.807, 2.05) is 69.3 Å². The summed E-state index contributed by atoms with van der Waals surface area (Å²) in [6, 6.07) is 21.6. The number of benzene rings is 3. The van der Waals surface area contributed by atoms with Crippen molar-refractivity contribution in [2.75, 3.05) is 30.8 Å². The average molecular weight is 619 g/mol. The van der Waals surface area contributed by atoms with Crippen LogP contribution in [0.1, 0.15) is 42.5 Å². The molecule has 0 aliphatic heterocycles. The van der Waals surface area contributed by atoms with Crippen molar-refractivity contribution >= 4 is 24.2 Å². The lowest BCUT2D eigenvalue weighted by molar-refractivity contribution is -0.138. The third-order valence-electron chi connectivity index (χ3n) is 7.39. The molecule has 0 saturated heterocycles. The lowest BCUT2D eigenvalue weighted by Crippen LogP contribution is -2.31. The third kappa shape index (κ3) is 9.39. The van der Waals surface area contributed by atoms with Crippen LogP contribution in [0.25, 0.3) is 11.1 Å². The summed E-state index contributed by atoms with van der Waals surface area (Å²) in [5.74, 6) is 1.23. The highest BCUT2D eigenvalue weighted by atomic mass is 19.4. The maximum Gasteiger partial charge on any atom is 0.416 e. The fraction of sp³-hybridized carbons (Fsp3) is 0.286. The van der Waals surface area contributed by atoms with Crippen LogP contribution in [-0.2, 0) is 22.9 Å². The number of aryl methyl sites for hydroxylation is 1. The highest BCUT2D eigenvalue weighted by molar-refractivity contribution is 5.76. The van der Waals surface area contributed by atoms with Gasteiger partial charge in [0.25, 0.3) is 0 Å². The second-order valence-corrected chi connectivity index (χ2v) is 11.0. The first-order valence-electron chi connectivity index (χ1n) is 14.6. The molecule has 0 radical (unpaired) electrons. The van der Waals surface area contributed by atoms with Crippen LogP contribution in [0.15, 0.2) is 91.3 Å². The van der Waals surface area contributed by atoms with Gasteiger partial charge in [0.15, 0.2) is 0 Å². The molecule has 10 heteroatoms. The van der Waals surface area contributed by atoms with Gasteiger partial charge in [-0.2, -0.15) is 18.2 Å². The summed E-state index contributed by atoms with van der Waals surface area (Å²) in [5, 5.41) is 13.1. The van der Waals surface area contributed by atoms with Crippen LogP contribution in [0.2, 0.25) is 0 Å². The van der Waals surface area contributed by atoms with E-state index in [4.69, 9.17) is 9.78 Å². The Bertz CT molecular complexity index is 1550. The number of nitrogens with one attached hydrogen (secondary N) is 4. The number of nitrogens with zero attached hydrogens (tertiary/aromatic N) is 2. The van der Waals surface area contributed by atoms with E-state index >= 15 is 0 Å². The molecule has 0 aliphatic carbocycles. The number of allylic oxidation sites excluding steroid dienone is 1. The molecular formula is C35H41F3N6O. The van der Waals surface area contributed by atoms with Gasteiger partial charge in [0, 0.05) is 41.6 Å². The van der Waals surface area contributed by atoms with Crippen molar-refractivity contribution in [2.45, 2.75) is 45.3 Å². The van der Waals surface area contributed by atoms with Crippen molar-refractivity contribution < 1.29 is 18.0 Å². The van der Waals surface area contributed by atoms with Gasteiger partial charge in [-0.1, -0.05) is 75.0 Å². The van der Waals surface area contributed by atoms with E-state index in [0.29, 0.717) is 18.2 Å². The zero-order chi connectivity index (χ0) is 33.0. The van der Waals surface area contributed by atoms with Crippen LogP contribution >= 0.6 is 0 Å². The number of carbonyl (C=O) groups excluding carboxylic acids is 1. The molecule has 0 spiro atoms. The van der Waals surface area contributed by atoms with Crippen molar-refractivity contribution in [3.8, 4) is 11.1 Å². The molecular weight excluding hydrogens is 577 g/mol. The van der Waals surface area contributed by atoms with Crippen molar-refractivity contribution in [1.29, 1.82) is 0 Å². The molecule has 1 aromatic heterocycles. The van der Waals surface area contributed by atoms with Crippen molar-refractivity contribution in [2.24, 2.45) is 0 Å². The van der Waals surface area contributed by atoms with Crippen LogP contribution in [0, 0.1) is 6.92 Å². The summed E-state index contributed by atoms with van der Waals surface area (Å²) in [6.07, 6.45) is -1.71. The Labute approximate surface area is 263 Å². The van der Waals surface area contributed by atoms with Crippen molar-refractivity contribution in [3.05, 3.63) is 114 Å². The Kier molecular flexibility index (Phi) is 12.3. The molecule has 3 aromatic carbocycles. The maximum absolute atomic E-state index is 13.7. The lowest BCUT2D eigenvalue weighted by Gasteiger charge is -2.31. The van der Waals surface area contributed by atoms with Gasteiger partial charge in [0.2, 0.25) is 5.95 Å². The predicted octanol–water partition coefficient (Wildman–Crippen LogP) is 7.63. The number of hydrogen-bond acceptors (Lipinski definition) is 7. The molecule has 1 heterocycles. The van der Waals surface area contributed by atoms with Crippen LogP contribution in [0.3, 0.4) is 0 Å². The van der Waals surface area contributed by atoms with Crippen LogP contribution in [0.5, 0.6) is 0 Å². The van der Waals surface area contributed by atoms with Gasteiger partial charge in [0.1, 0.15) is 12.6 Å². The molecule has 0 fully saturated rings. The highest BCUT2D eigenvalue weighted by Crippen LogP contribution is 2.39. The first-order chi connectivity index (χ1) is 21.5. The van der Waals surface area contributed by atoms with E-state index in [2.05, 4.69) is 32.8 Å². The minimum absolute atomic E-state index is 0.186. The fourth-order valence-corrected chi connectivity index (χ4v) is 4.78. The number of hydrogen-bond donors (Lipinski definition) is 4. The van der Waals surface area contributed by atoms with E-state index in [-0.39, 0.29) is 5.56 Å². The molecule has 4 rings (SSSR count). The SMILES string of the molecule is C=C(NCc1ccc(-c2cnc(Nc3cccc(C)c3)nc2NCCCNC)cc1)C(C)(C)c1ccccc1C(F)(F)F.C=O. The first kappa shape index (κ1) is 34.8. The van der Waals surface area contributed by atoms with E-state index < -0.39 is 17.2 Å². The van der Waals surface area contributed by atoms with E-state index in [0.717, 1.165) is 59.3 Å². The minimum Gasteiger partial charge on any atom is -0.384 e. The van der Waals surface area contributed by atoms with E-state index in [1.165, 1.54) is 12.1 Å². The summed E-state index contributed by atoms with van der Waals surface area (Å²) >= 11 is 0. The van der Waals surface area contributed by atoms with E-state index in [1.54, 1.807) is 26.1 Å². The first-order valence-corrected chi connectivity index (χ1v) is 14.6. The molecule has 0 amide bonds. The highest BCUT2D eigenvalue weighted by Gasteiger charge is 2.38. The average Bonchev–Trinajstić information content (AvgIpc) is 3.03. The molecule has 4 aromatic rings. The number of alkyl halides is 3. The van der Waals surface area contributed by atoms with Gasteiger partial charge >= 0.3 is 6.18 Å². The van der Waals surface area contributed by atoms with Gasteiger partial charge in [-0.15, -0.1) is 0 Å². The molecule has 0 saturated carbocycles. The molecule has 0 unspecified atom stereocenters. The zero-order valence-corrected chi connectivity index (χ0v) is 26.2. The van der Waals surface area contributed by atoms with Gasteiger partial charge < -0.3 is 26.1 Å². The Balaban J connectivity index is 0.00000271. The van der Waals surface area contributed by atoms with Gasteiger partial charge in [-0.25, -0.2) is 4.98 Å². The molecule has 0 aliphatic rings. The Hall–Kier alpha value is -4.70. The number of rotatable bonds is 13. The molecule has 0 atom stereocenters. The predicted molar refractivity (Wildman–Crippen MR) is 177 cm³/mol. The number of anilines is 3. The summed E-state index contributed by atoms with van der Waals surface area (Å²) in [6.45, 7) is 13.7. The summed E-state index contributed by atoms with van der Waals surface area (Å²) in [4.78, 5) is 17.3. The fourth-order valence-electron chi connectivity index (χ4n) is 4.78. The minimum atomic E-state index is -4.44. The topological polar surface area (TPSA) is 91.0 Å². The van der Waals surface area contributed by atoms with Gasteiger partial charge in [-0.05, 0) is 67.4 Å². The molecule has 0 bridgehead atoms.